The summed E-state index contributed by atoms with van der Waals surface area (Å²) in [5, 5.41) is 6.01. The standard InChI is InChI=1S/C21H21N5O3/c1-26(2)16-6-3-14(4-7-16)25-21(27)17-12-20(23-13-22-17)24-15-5-8-18-19(11-15)29-10-9-28-18/h3-8,11-13H,9-10H2,1-2H3,(H,25,27)(H,22,23,24). The molecule has 0 atom stereocenters. The van der Waals surface area contributed by atoms with E-state index in [1.54, 1.807) is 6.07 Å². The van der Waals surface area contributed by atoms with Crippen LogP contribution in [0.15, 0.2) is 54.9 Å². The van der Waals surface area contributed by atoms with Crippen molar-refractivity contribution >= 4 is 28.8 Å². The van der Waals surface area contributed by atoms with Crippen molar-refractivity contribution in [3.8, 4) is 11.5 Å². The number of benzene rings is 2. The third kappa shape index (κ3) is 4.37. The average Bonchev–Trinajstić information content (AvgIpc) is 2.74. The number of fused-ring (bicyclic) bond motifs is 1. The van der Waals surface area contributed by atoms with Crippen LogP contribution in [0, 0.1) is 0 Å². The fraction of sp³-hybridized carbons (Fsp3) is 0.190. The van der Waals surface area contributed by atoms with E-state index in [1.165, 1.54) is 6.33 Å². The van der Waals surface area contributed by atoms with Crippen LogP contribution in [0.3, 0.4) is 0 Å². The zero-order valence-electron chi connectivity index (χ0n) is 16.2. The van der Waals surface area contributed by atoms with Gasteiger partial charge in [0.25, 0.3) is 5.91 Å². The lowest BCUT2D eigenvalue weighted by Crippen LogP contribution is -2.15. The highest BCUT2D eigenvalue weighted by Gasteiger charge is 2.13. The second-order valence-electron chi connectivity index (χ2n) is 6.67. The number of hydrogen-bond acceptors (Lipinski definition) is 7. The highest BCUT2D eigenvalue weighted by atomic mass is 16.6. The molecule has 0 aliphatic carbocycles. The molecule has 2 N–H and O–H groups in total. The third-order valence-electron chi connectivity index (χ3n) is 4.36. The third-order valence-corrected chi connectivity index (χ3v) is 4.36. The summed E-state index contributed by atoms with van der Waals surface area (Å²) in [4.78, 5) is 22.8. The highest BCUT2D eigenvalue weighted by Crippen LogP contribution is 2.33. The molecule has 0 unspecified atom stereocenters. The Hall–Kier alpha value is -3.81. The number of nitrogens with zero attached hydrogens (tertiary/aromatic N) is 3. The van der Waals surface area contributed by atoms with Crippen molar-refractivity contribution in [2.45, 2.75) is 0 Å². The van der Waals surface area contributed by atoms with E-state index in [1.807, 2.05) is 61.5 Å². The minimum absolute atomic E-state index is 0.261. The van der Waals surface area contributed by atoms with Gasteiger partial charge in [-0.25, -0.2) is 9.97 Å². The Kier molecular flexibility index (Phi) is 5.15. The van der Waals surface area contributed by atoms with Crippen LogP contribution in [0.2, 0.25) is 0 Å². The van der Waals surface area contributed by atoms with Gasteiger partial charge in [0, 0.05) is 43.3 Å². The molecule has 0 fully saturated rings. The number of anilines is 4. The second-order valence-corrected chi connectivity index (χ2v) is 6.67. The van der Waals surface area contributed by atoms with Gasteiger partial charge >= 0.3 is 0 Å². The minimum atomic E-state index is -0.310. The van der Waals surface area contributed by atoms with Gasteiger partial charge in [0.2, 0.25) is 0 Å². The van der Waals surface area contributed by atoms with Gasteiger partial charge < -0.3 is 25.0 Å². The molecule has 29 heavy (non-hydrogen) atoms. The normalized spacial score (nSPS) is 12.2. The van der Waals surface area contributed by atoms with Gasteiger partial charge in [0.15, 0.2) is 11.5 Å². The van der Waals surface area contributed by atoms with Crippen LogP contribution in [0.1, 0.15) is 10.5 Å². The van der Waals surface area contributed by atoms with Gasteiger partial charge in [0.05, 0.1) is 0 Å². The van der Waals surface area contributed by atoms with Crippen LogP contribution in [0.25, 0.3) is 0 Å². The molecule has 8 nitrogen and oxygen atoms in total. The van der Waals surface area contributed by atoms with Crippen molar-refractivity contribution in [1.29, 1.82) is 0 Å². The lowest BCUT2D eigenvalue weighted by molar-refractivity contribution is 0.102. The summed E-state index contributed by atoms with van der Waals surface area (Å²) in [6.07, 6.45) is 1.35. The van der Waals surface area contributed by atoms with Crippen LogP contribution in [0.5, 0.6) is 11.5 Å². The van der Waals surface area contributed by atoms with Gasteiger partial charge in [-0.2, -0.15) is 0 Å². The molecule has 0 spiro atoms. The topological polar surface area (TPSA) is 88.6 Å². The van der Waals surface area contributed by atoms with Crippen molar-refractivity contribution in [3.63, 3.8) is 0 Å². The first-order valence-corrected chi connectivity index (χ1v) is 9.16. The van der Waals surface area contributed by atoms with Crippen molar-refractivity contribution in [3.05, 3.63) is 60.6 Å². The Morgan fingerprint density at radius 1 is 0.931 bits per heavy atom. The lowest BCUT2D eigenvalue weighted by Gasteiger charge is -2.19. The predicted octanol–water partition coefficient (Wildman–Crippen LogP) is 3.31. The van der Waals surface area contributed by atoms with Gasteiger partial charge in [-0.15, -0.1) is 0 Å². The van der Waals surface area contributed by atoms with Gasteiger partial charge in [-0.05, 0) is 36.4 Å². The summed E-state index contributed by atoms with van der Waals surface area (Å²) in [6.45, 7) is 1.06. The van der Waals surface area contributed by atoms with E-state index in [9.17, 15) is 4.79 Å². The Morgan fingerprint density at radius 2 is 1.66 bits per heavy atom. The summed E-state index contributed by atoms with van der Waals surface area (Å²) in [6, 6.07) is 14.7. The summed E-state index contributed by atoms with van der Waals surface area (Å²) < 4.78 is 11.1. The van der Waals surface area contributed by atoms with E-state index >= 15 is 0 Å². The average molecular weight is 391 g/mol. The molecule has 0 bridgehead atoms. The van der Waals surface area contributed by atoms with Gasteiger partial charge in [0.1, 0.15) is 31.1 Å². The number of carbonyl (C=O) groups is 1. The number of aromatic nitrogens is 2. The van der Waals surface area contributed by atoms with E-state index in [-0.39, 0.29) is 11.6 Å². The van der Waals surface area contributed by atoms with E-state index in [0.29, 0.717) is 36.2 Å². The van der Waals surface area contributed by atoms with Crippen molar-refractivity contribution in [2.75, 3.05) is 42.8 Å². The molecule has 2 aromatic carbocycles. The van der Waals surface area contributed by atoms with Crippen LogP contribution < -0.4 is 25.0 Å². The SMILES string of the molecule is CN(C)c1ccc(NC(=O)c2cc(Nc3ccc4c(c3)OCCO4)ncn2)cc1. The van der Waals surface area contributed by atoms with Crippen molar-refractivity contribution in [1.82, 2.24) is 9.97 Å². The van der Waals surface area contributed by atoms with Crippen LogP contribution in [0.4, 0.5) is 22.9 Å². The molecule has 1 aromatic heterocycles. The number of rotatable bonds is 5. The second kappa shape index (κ2) is 8.05. The zero-order chi connectivity index (χ0) is 20.2. The van der Waals surface area contributed by atoms with Crippen LogP contribution >= 0.6 is 0 Å². The zero-order valence-corrected chi connectivity index (χ0v) is 16.2. The quantitative estimate of drug-likeness (QED) is 0.690. The fourth-order valence-corrected chi connectivity index (χ4v) is 2.86. The van der Waals surface area contributed by atoms with E-state index in [2.05, 4.69) is 20.6 Å². The maximum absolute atomic E-state index is 12.6. The summed E-state index contributed by atoms with van der Waals surface area (Å²) >= 11 is 0. The van der Waals surface area contributed by atoms with E-state index in [4.69, 9.17) is 9.47 Å². The molecule has 148 valence electrons. The van der Waals surface area contributed by atoms with E-state index in [0.717, 1.165) is 11.4 Å². The van der Waals surface area contributed by atoms with Gasteiger partial charge in [-0.3, -0.25) is 4.79 Å². The fourth-order valence-electron chi connectivity index (χ4n) is 2.86. The molecule has 4 rings (SSSR count). The first-order valence-electron chi connectivity index (χ1n) is 9.16. The largest absolute Gasteiger partial charge is 0.486 e. The molecular weight excluding hydrogens is 370 g/mol. The number of ether oxygens (including phenoxy) is 2. The molecule has 0 radical (unpaired) electrons. The molecule has 1 amide bonds. The maximum atomic E-state index is 12.6. The Labute approximate surface area is 168 Å². The highest BCUT2D eigenvalue weighted by molar-refractivity contribution is 6.03. The Morgan fingerprint density at radius 3 is 2.41 bits per heavy atom. The number of nitrogens with one attached hydrogen (secondary N) is 2. The van der Waals surface area contributed by atoms with Crippen LogP contribution in [-0.4, -0.2) is 43.2 Å². The Bertz CT molecular complexity index is 1020. The number of hydrogen-bond donors (Lipinski definition) is 2. The van der Waals surface area contributed by atoms with Gasteiger partial charge in [-0.1, -0.05) is 0 Å². The summed E-state index contributed by atoms with van der Waals surface area (Å²) in [5.41, 5.74) is 2.78. The van der Waals surface area contributed by atoms with Crippen molar-refractivity contribution < 1.29 is 14.3 Å². The smallest absolute Gasteiger partial charge is 0.274 e. The monoisotopic (exact) mass is 391 g/mol. The molecule has 0 saturated heterocycles. The first kappa shape index (κ1) is 18.5. The molecule has 1 aliphatic rings. The summed E-state index contributed by atoms with van der Waals surface area (Å²) in [7, 11) is 3.93. The molecule has 0 saturated carbocycles. The molecule has 8 heteroatoms. The summed E-state index contributed by atoms with van der Waals surface area (Å²) in [5.74, 6) is 1.58. The van der Waals surface area contributed by atoms with Crippen molar-refractivity contribution in [2.24, 2.45) is 0 Å². The molecule has 3 aromatic rings. The van der Waals surface area contributed by atoms with Crippen LogP contribution in [-0.2, 0) is 0 Å². The molecular formula is C21H21N5O3. The number of amides is 1. The Balaban J connectivity index is 1.46. The predicted molar refractivity (Wildman–Crippen MR) is 111 cm³/mol. The number of carbonyl (C=O) groups excluding carboxylic acids is 1. The maximum Gasteiger partial charge on any atom is 0.274 e. The molecule has 2 heterocycles. The van der Waals surface area contributed by atoms with E-state index < -0.39 is 0 Å². The first-order chi connectivity index (χ1) is 14.1. The molecule has 1 aliphatic heterocycles. The lowest BCUT2D eigenvalue weighted by atomic mass is 10.2. The minimum Gasteiger partial charge on any atom is -0.486 e.